The summed E-state index contributed by atoms with van der Waals surface area (Å²) < 4.78 is 38.5. The van der Waals surface area contributed by atoms with E-state index in [9.17, 15) is 13.2 Å². The molecule has 0 saturated heterocycles. The Hall–Kier alpha value is -1.20. The second kappa shape index (κ2) is 2.90. The molecule has 2 heterocycles. The minimum atomic E-state index is -4.15. The third kappa shape index (κ3) is 1.56. The lowest BCUT2D eigenvalue weighted by Crippen LogP contribution is -2.37. The van der Waals surface area contributed by atoms with Crippen LogP contribution in [0.5, 0.6) is 0 Å². The molecule has 1 aliphatic heterocycles. The van der Waals surface area contributed by atoms with Crippen LogP contribution >= 0.6 is 0 Å². The van der Waals surface area contributed by atoms with Gasteiger partial charge in [0, 0.05) is 12.6 Å². The molecule has 0 unspecified atom stereocenters. The third-order valence-corrected chi connectivity index (χ3v) is 2.29. The molecule has 6 heteroatoms. The molecule has 0 bridgehead atoms. The standard InChI is InChI=1S/C8H10F3N3/c1-5-2-7-12-3-6(8(9,10)11)4-14(7)13-5/h2,6,12H,3-4H2,1H3/t6-/m1/s1. The highest BCUT2D eigenvalue weighted by Gasteiger charge is 2.41. The second-order valence-corrected chi connectivity index (χ2v) is 3.47. The SMILES string of the molecule is Cc1cc2n(n1)C[C@H](C(F)(F)F)CN2. The topological polar surface area (TPSA) is 29.9 Å². The lowest BCUT2D eigenvalue weighted by Gasteiger charge is -2.26. The molecule has 2 rings (SSSR count). The number of alkyl halides is 3. The predicted molar refractivity (Wildman–Crippen MR) is 45.0 cm³/mol. The maximum atomic E-state index is 12.4. The van der Waals surface area contributed by atoms with Gasteiger partial charge in [-0.25, -0.2) is 4.68 Å². The lowest BCUT2D eigenvalue weighted by atomic mass is 10.1. The first kappa shape index (κ1) is 9.36. The Labute approximate surface area is 78.9 Å². The molecule has 0 saturated carbocycles. The van der Waals surface area contributed by atoms with Crippen molar-refractivity contribution in [1.29, 1.82) is 0 Å². The van der Waals surface area contributed by atoms with E-state index in [2.05, 4.69) is 10.4 Å². The van der Waals surface area contributed by atoms with E-state index < -0.39 is 12.1 Å². The summed E-state index contributed by atoms with van der Waals surface area (Å²) in [5.41, 5.74) is 0.732. The van der Waals surface area contributed by atoms with Gasteiger partial charge in [0.25, 0.3) is 0 Å². The number of hydrogen-bond acceptors (Lipinski definition) is 2. The van der Waals surface area contributed by atoms with Crippen molar-refractivity contribution in [3.05, 3.63) is 11.8 Å². The van der Waals surface area contributed by atoms with E-state index >= 15 is 0 Å². The molecule has 0 spiro atoms. The Morgan fingerprint density at radius 3 is 2.93 bits per heavy atom. The van der Waals surface area contributed by atoms with Crippen molar-refractivity contribution in [2.24, 2.45) is 5.92 Å². The van der Waals surface area contributed by atoms with Gasteiger partial charge in [-0.2, -0.15) is 18.3 Å². The van der Waals surface area contributed by atoms with Crippen molar-refractivity contribution in [3.8, 4) is 0 Å². The van der Waals surface area contributed by atoms with Gasteiger partial charge in [0.05, 0.1) is 18.2 Å². The van der Waals surface area contributed by atoms with Crippen molar-refractivity contribution >= 4 is 5.82 Å². The molecular weight excluding hydrogens is 195 g/mol. The fourth-order valence-electron chi connectivity index (χ4n) is 1.55. The van der Waals surface area contributed by atoms with Crippen LogP contribution in [0.3, 0.4) is 0 Å². The average molecular weight is 205 g/mol. The minimum Gasteiger partial charge on any atom is -0.370 e. The highest BCUT2D eigenvalue weighted by molar-refractivity contribution is 5.38. The van der Waals surface area contributed by atoms with Crippen molar-refractivity contribution in [3.63, 3.8) is 0 Å². The highest BCUT2D eigenvalue weighted by atomic mass is 19.4. The van der Waals surface area contributed by atoms with Crippen LogP contribution in [0.1, 0.15) is 5.69 Å². The fraction of sp³-hybridized carbons (Fsp3) is 0.625. The average Bonchev–Trinajstić information content (AvgIpc) is 2.41. The number of rotatable bonds is 0. The molecule has 1 aromatic heterocycles. The van der Waals surface area contributed by atoms with Crippen LogP contribution in [0.2, 0.25) is 0 Å². The number of hydrogen-bond donors (Lipinski definition) is 1. The first-order chi connectivity index (χ1) is 6.47. The summed E-state index contributed by atoms with van der Waals surface area (Å²) in [5.74, 6) is -0.669. The monoisotopic (exact) mass is 205 g/mol. The number of anilines is 1. The molecule has 3 nitrogen and oxygen atoms in total. The first-order valence-electron chi connectivity index (χ1n) is 4.32. The zero-order chi connectivity index (χ0) is 10.3. The van der Waals surface area contributed by atoms with Crippen molar-refractivity contribution in [1.82, 2.24) is 9.78 Å². The summed E-state index contributed by atoms with van der Waals surface area (Å²) in [6, 6.07) is 1.74. The summed E-state index contributed by atoms with van der Waals surface area (Å²) in [6.45, 7) is 1.61. The van der Waals surface area contributed by atoms with Crippen LogP contribution in [-0.4, -0.2) is 22.5 Å². The molecule has 0 fully saturated rings. The molecule has 1 atom stereocenters. The van der Waals surface area contributed by atoms with Gasteiger partial charge in [-0.15, -0.1) is 0 Å². The smallest absolute Gasteiger partial charge is 0.370 e. The van der Waals surface area contributed by atoms with E-state index in [4.69, 9.17) is 0 Å². The van der Waals surface area contributed by atoms with Crippen LogP contribution in [0.15, 0.2) is 6.07 Å². The van der Waals surface area contributed by atoms with Gasteiger partial charge in [0.1, 0.15) is 5.82 Å². The molecule has 1 N–H and O–H groups in total. The molecule has 0 aromatic carbocycles. The Morgan fingerprint density at radius 1 is 1.57 bits per heavy atom. The third-order valence-electron chi connectivity index (χ3n) is 2.29. The summed E-state index contributed by atoms with van der Waals surface area (Å²) in [7, 11) is 0. The lowest BCUT2D eigenvalue weighted by molar-refractivity contribution is -0.175. The Morgan fingerprint density at radius 2 is 2.29 bits per heavy atom. The van der Waals surface area contributed by atoms with Crippen molar-refractivity contribution in [2.45, 2.75) is 19.6 Å². The molecule has 1 aromatic rings. The normalized spacial score (nSPS) is 21.6. The maximum Gasteiger partial charge on any atom is 0.395 e. The minimum absolute atomic E-state index is 0.0609. The van der Waals surface area contributed by atoms with E-state index in [1.54, 1.807) is 13.0 Å². The highest BCUT2D eigenvalue weighted by Crippen LogP contribution is 2.31. The molecule has 14 heavy (non-hydrogen) atoms. The van der Waals surface area contributed by atoms with Crippen LogP contribution in [0.25, 0.3) is 0 Å². The molecule has 0 amide bonds. The zero-order valence-corrected chi connectivity index (χ0v) is 7.60. The summed E-state index contributed by atoms with van der Waals surface area (Å²) in [5, 5.41) is 6.69. The largest absolute Gasteiger partial charge is 0.395 e. The Balaban J connectivity index is 2.21. The second-order valence-electron chi connectivity index (χ2n) is 3.47. The summed E-state index contributed by atoms with van der Waals surface area (Å²) in [6.07, 6.45) is -4.15. The molecule has 1 aliphatic rings. The van der Waals surface area contributed by atoms with E-state index in [-0.39, 0.29) is 13.1 Å². The quantitative estimate of drug-likeness (QED) is 0.699. The van der Waals surface area contributed by atoms with Crippen LogP contribution < -0.4 is 5.32 Å². The maximum absolute atomic E-state index is 12.4. The van der Waals surface area contributed by atoms with Crippen LogP contribution in [0, 0.1) is 12.8 Å². The van der Waals surface area contributed by atoms with Gasteiger partial charge >= 0.3 is 6.18 Å². The Kier molecular flexibility index (Phi) is 1.94. The van der Waals surface area contributed by atoms with Gasteiger partial charge in [-0.1, -0.05) is 0 Å². The van der Waals surface area contributed by atoms with Gasteiger partial charge < -0.3 is 5.32 Å². The summed E-state index contributed by atoms with van der Waals surface area (Å²) >= 11 is 0. The molecule has 0 radical (unpaired) electrons. The van der Waals surface area contributed by atoms with Crippen molar-refractivity contribution in [2.75, 3.05) is 11.9 Å². The van der Waals surface area contributed by atoms with Gasteiger partial charge in [-0.05, 0) is 6.92 Å². The Bertz CT molecular complexity index is 342. The van der Waals surface area contributed by atoms with Crippen molar-refractivity contribution < 1.29 is 13.2 Å². The van der Waals surface area contributed by atoms with Gasteiger partial charge in [0.15, 0.2) is 0 Å². The van der Waals surface area contributed by atoms with Crippen LogP contribution in [-0.2, 0) is 6.54 Å². The number of aromatic nitrogens is 2. The summed E-state index contributed by atoms with van der Waals surface area (Å²) in [4.78, 5) is 0. The number of halogens is 3. The van der Waals surface area contributed by atoms with Crippen LogP contribution in [0.4, 0.5) is 19.0 Å². The number of fused-ring (bicyclic) bond motifs is 1. The van der Waals surface area contributed by atoms with Gasteiger partial charge in [0.2, 0.25) is 0 Å². The predicted octanol–water partition coefficient (Wildman–Crippen LogP) is 1.80. The van der Waals surface area contributed by atoms with E-state index in [0.29, 0.717) is 5.82 Å². The molecular formula is C8H10F3N3. The fourth-order valence-corrected chi connectivity index (χ4v) is 1.55. The first-order valence-corrected chi connectivity index (χ1v) is 4.32. The molecule has 78 valence electrons. The van der Waals surface area contributed by atoms with E-state index in [1.807, 2.05) is 0 Å². The molecule has 0 aliphatic carbocycles. The van der Waals surface area contributed by atoms with E-state index in [1.165, 1.54) is 4.68 Å². The number of nitrogens with zero attached hydrogens (tertiary/aromatic N) is 2. The number of aryl methyl sites for hydroxylation is 1. The van der Waals surface area contributed by atoms with Gasteiger partial charge in [-0.3, -0.25) is 0 Å². The number of nitrogens with one attached hydrogen (secondary N) is 1. The van der Waals surface area contributed by atoms with E-state index in [0.717, 1.165) is 5.69 Å². The zero-order valence-electron chi connectivity index (χ0n) is 7.60.